The molecule has 1 aromatic carbocycles. The third-order valence-corrected chi connectivity index (χ3v) is 3.91. The maximum absolute atomic E-state index is 11.9. The molecule has 1 aliphatic heterocycles. The van der Waals surface area contributed by atoms with Crippen molar-refractivity contribution in [3.05, 3.63) is 35.4 Å². The normalized spacial score (nSPS) is 21.9. The number of carbonyl (C=O) groups excluding carboxylic acids is 1. The number of Topliss-reactive ketones (excluding diaryl/α,β-unsaturated/α-hetero) is 1. The van der Waals surface area contributed by atoms with Gasteiger partial charge in [-0.15, -0.1) is 0 Å². The Kier molecular flexibility index (Phi) is 3.63. The molecule has 0 radical (unpaired) electrons. The molecule has 0 saturated heterocycles. The molecule has 2 heteroatoms. The summed E-state index contributed by atoms with van der Waals surface area (Å²) < 4.78 is 0. The van der Waals surface area contributed by atoms with Crippen molar-refractivity contribution in [2.45, 2.75) is 32.7 Å². The fraction of sp³-hybridized carbons (Fsp3) is 0.533. The van der Waals surface area contributed by atoms with Gasteiger partial charge in [0.25, 0.3) is 0 Å². The third-order valence-electron chi connectivity index (χ3n) is 3.91. The van der Waals surface area contributed by atoms with E-state index < -0.39 is 0 Å². The van der Waals surface area contributed by atoms with Gasteiger partial charge in [-0.25, -0.2) is 0 Å². The molecule has 2 rings (SSSR count). The van der Waals surface area contributed by atoms with Crippen molar-refractivity contribution in [2.24, 2.45) is 5.92 Å². The van der Waals surface area contributed by atoms with Gasteiger partial charge in [0.15, 0.2) is 0 Å². The summed E-state index contributed by atoms with van der Waals surface area (Å²) in [6, 6.07) is 8.79. The summed E-state index contributed by atoms with van der Waals surface area (Å²) in [6.45, 7) is 5.06. The second-order valence-corrected chi connectivity index (χ2v) is 4.98. The highest BCUT2D eigenvalue weighted by atomic mass is 16.1. The lowest BCUT2D eigenvalue weighted by Crippen LogP contribution is -2.38. The fourth-order valence-electron chi connectivity index (χ4n) is 2.87. The summed E-state index contributed by atoms with van der Waals surface area (Å²) in [5.41, 5.74) is 2.75. The zero-order chi connectivity index (χ0) is 12.4. The van der Waals surface area contributed by atoms with Gasteiger partial charge in [-0.05, 0) is 24.6 Å². The van der Waals surface area contributed by atoms with Crippen LogP contribution in [0.2, 0.25) is 0 Å². The highest BCUT2D eigenvalue weighted by Gasteiger charge is 2.31. The van der Waals surface area contributed by atoms with Crippen LogP contribution in [0.5, 0.6) is 0 Å². The van der Waals surface area contributed by atoms with Gasteiger partial charge in [0.05, 0.1) is 0 Å². The molecule has 2 nitrogen and oxygen atoms in total. The van der Waals surface area contributed by atoms with Gasteiger partial charge in [-0.2, -0.15) is 0 Å². The minimum absolute atomic E-state index is 0.0893. The van der Waals surface area contributed by atoms with Crippen LogP contribution in [0.25, 0.3) is 0 Å². The molecule has 0 N–H and O–H groups in total. The molecule has 0 amide bonds. The molecule has 92 valence electrons. The molecule has 1 aromatic rings. The standard InChI is InChI=1S/C15H21NO/c1-4-14(17)11(2)15-13-8-6-5-7-12(13)9-10-16(15)3/h5-8,11,15H,4,9-10H2,1-3H3. The number of rotatable bonds is 3. The summed E-state index contributed by atoms with van der Waals surface area (Å²) in [7, 11) is 2.13. The van der Waals surface area contributed by atoms with E-state index in [0.717, 1.165) is 13.0 Å². The molecule has 2 atom stereocenters. The van der Waals surface area contributed by atoms with Gasteiger partial charge < -0.3 is 0 Å². The molecule has 17 heavy (non-hydrogen) atoms. The maximum Gasteiger partial charge on any atom is 0.137 e. The van der Waals surface area contributed by atoms with Crippen molar-refractivity contribution in [3.8, 4) is 0 Å². The van der Waals surface area contributed by atoms with Crippen molar-refractivity contribution in [1.82, 2.24) is 4.90 Å². The molecule has 0 spiro atoms. The first kappa shape index (κ1) is 12.3. The lowest BCUT2D eigenvalue weighted by Gasteiger charge is -2.37. The number of fused-ring (bicyclic) bond motifs is 1. The molecular weight excluding hydrogens is 210 g/mol. The highest BCUT2D eigenvalue weighted by Crippen LogP contribution is 2.34. The molecule has 1 aliphatic rings. The van der Waals surface area contributed by atoms with Gasteiger partial charge in [0.2, 0.25) is 0 Å². The topological polar surface area (TPSA) is 20.3 Å². The number of nitrogens with zero attached hydrogens (tertiary/aromatic N) is 1. The molecule has 0 bridgehead atoms. The second kappa shape index (κ2) is 5.01. The molecule has 0 fully saturated rings. The van der Waals surface area contributed by atoms with Crippen LogP contribution < -0.4 is 0 Å². The SMILES string of the molecule is CCC(=O)C(C)C1c2ccccc2CCN1C. The average molecular weight is 231 g/mol. The number of carbonyl (C=O) groups is 1. The Morgan fingerprint density at radius 2 is 2.18 bits per heavy atom. The van der Waals surface area contributed by atoms with Crippen molar-refractivity contribution in [3.63, 3.8) is 0 Å². The van der Waals surface area contributed by atoms with Crippen molar-refractivity contribution in [2.75, 3.05) is 13.6 Å². The Bertz CT molecular complexity index is 413. The number of benzene rings is 1. The number of ketones is 1. The van der Waals surface area contributed by atoms with Crippen LogP contribution in [0.15, 0.2) is 24.3 Å². The molecule has 2 unspecified atom stereocenters. The Hall–Kier alpha value is -1.15. The summed E-state index contributed by atoms with van der Waals surface area (Å²) in [4.78, 5) is 14.3. The van der Waals surface area contributed by atoms with Crippen LogP contribution in [0.3, 0.4) is 0 Å². The van der Waals surface area contributed by atoms with Gasteiger partial charge in [0.1, 0.15) is 5.78 Å². The number of hydrogen-bond donors (Lipinski definition) is 0. The second-order valence-electron chi connectivity index (χ2n) is 4.98. The van der Waals surface area contributed by atoms with Crippen LogP contribution in [0.1, 0.15) is 37.4 Å². The summed E-state index contributed by atoms with van der Waals surface area (Å²) in [6.07, 6.45) is 1.73. The summed E-state index contributed by atoms with van der Waals surface area (Å²) in [5, 5.41) is 0. The predicted molar refractivity (Wildman–Crippen MR) is 70.0 cm³/mol. The summed E-state index contributed by atoms with van der Waals surface area (Å²) in [5.74, 6) is 0.449. The van der Waals surface area contributed by atoms with E-state index in [-0.39, 0.29) is 12.0 Å². The lowest BCUT2D eigenvalue weighted by atomic mass is 9.83. The Labute approximate surface area is 104 Å². The van der Waals surface area contributed by atoms with E-state index in [0.29, 0.717) is 12.2 Å². The number of likely N-dealkylation sites (N-methyl/N-ethyl adjacent to an activating group) is 1. The van der Waals surface area contributed by atoms with E-state index in [2.05, 4.69) is 43.1 Å². The lowest BCUT2D eigenvalue weighted by molar-refractivity contribution is -0.124. The zero-order valence-electron chi connectivity index (χ0n) is 10.9. The van der Waals surface area contributed by atoms with Crippen LogP contribution in [-0.2, 0) is 11.2 Å². The first-order valence-corrected chi connectivity index (χ1v) is 6.46. The largest absolute Gasteiger partial charge is 0.299 e. The van der Waals surface area contributed by atoms with E-state index in [1.807, 2.05) is 6.92 Å². The monoisotopic (exact) mass is 231 g/mol. The van der Waals surface area contributed by atoms with Gasteiger partial charge >= 0.3 is 0 Å². The van der Waals surface area contributed by atoms with Crippen LogP contribution in [0, 0.1) is 5.92 Å². The van der Waals surface area contributed by atoms with E-state index in [9.17, 15) is 4.79 Å². The number of hydrogen-bond acceptors (Lipinski definition) is 2. The quantitative estimate of drug-likeness (QED) is 0.797. The van der Waals surface area contributed by atoms with Crippen molar-refractivity contribution < 1.29 is 4.79 Å². The molecular formula is C15H21NO. The van der Waals surface area contributed by atoms with Gasteiger partial charge in [-0.3, -0.25) is 9.69 Å². The summed E-state index contributed by atoms with van der Waals surface area (Å²) >= 11 is 0. The maximum atomic E-state index is 11.9. The van der Waals surface area contributed by atoms with Crippen LogP contribution in [0.4, 0.5) is 0 Å². The smallest absolute Gasteiger partial charge is 0.137 e. The highest BCUT2D eigenvalue weighted by molar-refractivity contribution is 5.81. The Morgan fingerprint density at radius 1 is 1.47 bits per heavy atom. The molecule has 0 aromatic heterocycles. The van der Waals surface area contributed by atoms with E-state index >= 15 is 0 Å². The Balaban J connectivity index is 2.35. The van der Waals surface area contributed by atoms with E-state index in [1.165, 1.54) is 11.1 Å². The molecule has 0 saturated carbocycles. The fourth-order valence-corrected chi connectivity index (χ4v) is 2.87. The first-order valence-electron chi connectivity index (χ1n) is 6.46. The van der Waals surface area contributed by atoms with Crippen LogP contribution in [-0.4, -0.2) is 24.3 Å². The van der Waals surface area contributed by atoms with Crippen molar-refractivity contribution in [1.29, 1.82) is 0 Å². The van der Waals surface area contributed by atoms with Crippen molar-refractivity contribution >= 4 is 5.78 Å². The van der Waals surface area contributed by atoms with Crippen LogP contribution >= 0.6 is 0 Å². The predicted octanol–water partition coefficient (Wildman–Crippen LogP) is 2.83. The van der Waals surface area contributed by atoms with Gasteiger partial charge in [-0.1, -0.05) is 38.1 Å². The first-order chi connectivity index (χ1) is 8.15. The average Bonchev–Trinajstić information content (AvgIpc) is 2.37. The minimum atomic E-state index is 0.0893. The van der Waals surface area contributed by atoms with Gasteiger partial charge in [0, 0.05) is 24.9 Å². The van der Waals surface area contributed by atoms with E-state index in [4.69, 9.17) is 0 Å². The minimum Gasteiger partial charge on any atom is -0.299 e. The molecule has 0 aliphatic carbocycles. The Morgan fingerprint density at radius 3 is 2.88 bits per heavy atom. The van der Waals surface area contributed by atoms with E-state index in [1.54, 1.807) is 0 Å². The third kappa shape index (κ3) is 2.27. The molecule has 1 heterocycles. The zero-order valence-corrected chi connectivity index (χ0v) is 10.9.